The first kappa shape index (κ1) is 9.58. The van der Waals surface area contributed by atoms with Crippen molar-refractivity contribution in [2.45, 2.75) is 13.3 Å². The van der Waals surface area contributed by atoms with Crippen LogP contribution in [0.15, 0.2) is 18.2 Å². The average Bonchev–Trinajstić information content (AvgIpc) is 2.16. The fourth-order valence-electron chi connectivity index (χ4n) is 1.19. The number of aryl methyl sites for hydroxylation is 1. The van der Waals surface area contributed by atoms with Gasteiger partial charge in [-0.05, 0) is 24.1 Å². The summed E-state index contributed by atoms with van der Waals surface area (Å²) in [5.41, 5.74) is 6.69. The van der Waals surface area contributed by atoms with Crippen LogP contribution in [-0.2, 0) is 6.42 Å². The van der Waals surface area contributed by atoms with Gasteiger partial charge in [0.05, 0.1) is 7.11 Å². The molecule has 0 bridgehead atoms. The summed E-state index contributed by atoms with van der Waals surface area (Å²) in [6.45, 7) is 2.03. The van der Waals surface area contributed by atoms with E-state index in [4.69, 9.17) is 10.5 Å². The monoisotopic (exact) mass is 179 g/mol. The van der Waals surface area contributed by atoms with Gasteiger partial charge in [-0.15, -0.1) is 0 Å². The molecule has 1 amide bonds. The van der Waals surface area contributed by atoms with Crippen LogP contribution in [0.4, 0.5) is 0 Å². The summed E-state index contributed by atoms with van der Waals surface area (Å²) >= 11 is 0. The van der Waals surface area contributed by atoms with Crippen LogP contribution in [0.1, 0.15) is 22.8 Å². The third-order valence-electron chi connectivity index (χ3n) is 1.95. The minimum absolute atomic E-state index is 0.430. The maximum absolute atomic E-state index is 10.8. The van der Waals surface area contributed by atoms with Gasteiger partial charge < -0.3 is 10.5 Å². The van der Waals surface area contributed by atoms with E-state index in [1.54, 1.807) is 19.2 Å². The quantitative estimate of drug-likeness (QED) is 0.761. The van der Waals surface area contributed by atoms with E-state index in [0.717, 1.165) is 17.7 Å². The molecule has 0 heterocycles. The number of benzene rings is 1. The molecule has 3 heteroatoms. The molecule has 1 aromatic rings. The molecule has 1 aromatic carbocycles. The smallest absolute Gasteiger partial charge is 0.248 e. The van der Waals surface area contributed by atoms with Gasteiger partial charge in [-0.25, -0.2) is 0 Å². The van der Waals surface area contributed by atoms with Crippen molar-refractivity contribution in [2.75, 3.05) is 7.11 Å². The first-order chi connectivity index (χ1) is 6.19. The van der Waals surface area contributed by atoms with Crippen molar-refractivity contribution < 1.29 is 9.53 Å². The second-order valence-corrected chi connectivity index (χ2v) is 2.74. The van der Waals surface area contributed by atoms with E-state index >= 15 is 0 Å². The molecule has 1 rings (SSSR count). The van der Waals surface area contributed by atoms with Crippen LogP contribution < -0.4 is 10.5 Å². The zero-order chi connectivity index (χ0) is 9.84. The number of primary amides is 1. The molecule has 0 unspecified atom stereocenters. The van der Waals surface area contributed by atoms with Crippen molar-refractivity contribution >= 4 is 5.91 Å². The molecule has 0 aliphatic rings. The van der Waals surface area contributed by atoms with Crippen molar-refractivity contribution in [3.8, 4) is 5.75 Å². The Morgan fingerprint density at radius 3 is 2.69 bits per heavy atom. The molecule has 0 saturated carbocycles. The topological polar surface area (TPSA) is 52.3 Å². The van der Waals surface area contributed by atoms with Gasteiger partial charge in [-0.2, -0.15) is 0 Å². The molecule has 70 valence electrons. The Kier molecular flexibility index (Phi) is 2.90. The summed E-state index contributed by atoms with van der Waals surface area (Å²) in [5.74, 6) is 0.291. The van der Waals surface area contributed by atoms with Crippen molar-refractivity contribution in [2.24, 2.45) is 5.73 Å². The predicted octanol–water partition coefficient (Wildman–Crippen LogP) is 1.36. The van der Waals surface area contributed by atoms with Crippen LogP contribution in [0.5, 0.6) is 5.75 Å². The number of carbonyl (C=O) groups is 1. The van der Waals surface area contributed by atoms with Crippen molar-refractivity contribution in [1.29, 1.82) is 0 Å². The highest BCUT2D eigenvalue weighted by atomic mass is 16.5. The minimum Gasteiger partial charge on any atom is -0.496 e. The maximum Gasteiger partial charge on any atom is 0.248 e. The molecule has 3 nitrogen and oxygen atoms in total. The van der Waals surface area contributed by atoms with E-state index in [0.29, 0.717) is 5.56 Å². The van der Waals surface area contributed by atoms with Crippen LogP contribution in [0.2, 0.25) is 0 Å². The largest absolute Gasteiger partial charge is 0.496 e. The third-order valence-corrected chi connectivity index (χ3v) is 1.95. The van der Waals surface area contributed by atoms with Gasteiger partial charge in [-0.3, -0.25) is 4.79 Å². The second-order valence-electron chi connectivity index (χ2n) is 2.74. The van der Waals surface area contributed by atoms with Crippen molar-refractivity contribution in [1.82, 2.24) is 0 Å². The Hall–Kier alpha value is -1.51. The number of methoxy groups -OCH3 is 1. The first-order valence-electron chi connectivity index (χ1n) is 4.15. The van der Waals surface area contributed by atoms with Gasteiger partial charge in [0.2, 0.25) is 5.91 Å². The SMILES string of the molecule is CCc1ccc(C(N)=O)cc1OC. The van der Waals surface area contributed by atoms with Gasteiger partial charge in [0.15, 0.2) is 0 Å². The number of ether oxygens (including phenoxy) is 1. The molecular weight excluding hydrogens is 166 g/mol. The second kappa shape index (κ2) is 3.94. The summed E-state index contributed by atoms with van der Waals surface area (Å²) in [6, 6.07) is 5.24. The molecule has 0 atom stereocenters. The molecular formula is C10H13NO2. The summed E-state index contributed by atoms with van der Waals surface area (Å²) in [4.78, 5) is 10.8. The highest BCUT2D eigenvalue weighted by molar-refractivity contribution is 5.93. The maximum atomic E-state index is 10.8. The zero-order valence-corrected chi connectivity index (χ0v) is 7.83. The number of carbonyl (C=O) groups excluding carboxylic acids is 1. The lowest BCUT2D eigenvalue weighted by Crippen LogP contribution is -2.11. The van der Waals surface area contributed by atoms with Gasteiger partial charge in [0.25, 0.3) is 0 Å². The molecule has 0 saturated heterocycles. The van der Waals surface area contributed by atoms with E-state index in [2.05, 4.69) is 0 Å². The number of rotatable bonds is 3. The molecule has 0 spiro atoms. The summed E-state index contributed by atoms with van der Waals surface area (Å²) in [6.07, 6.45) is 0.877. The van der Waals surface area contributed by atoms with Gasteiger partial charge in [0.1, 0.15) is 5.75 Å². The first-order valence-corrected chi connectivity index (χ1v) is 4.15. The molecule has 2 N–H and O–H groups in total. The number of hydrogen-bond donors (Lipinski definition) is 1. The van der Waals surface area contributed by atoms with E-state index in [-0.39, 0.29) is 0 Å². The lowest BCUT2D eigenvalue weighted by Gasteiger charge is -2.07. The Morgan fingerprint density at radius 2 is 2.23 bits per heavy atom. The van der Waals surface area contributed by atoms with Crippen LogP contribution >= 0.6 is 0 Å². The summed E-state index contributed by atoms with van der Waals surface area (Å²) < 4.78 is 5.12. The Labute approximate surface area is 77.5 Å². The number of nitrogens with two attached hydrogens (primary N) is 1. The van der Waals surface area contributed by atoms with Crippen LogP contribution in [-0.4, -0.2) is 13.0 Å². The van der Waals surface area contributed by atoms with Crippen molar-refractivity contribution in [3.63, 3.8) is 0 Å². The number of hydrogen-bond acceptors (Lipinski definition) is 2. The van der Waals surface area contributed by atoms with Crippen LogP contribution in [0.25, 0.3) is 0 Å². The molecule has 0 aliphatic carbocycles. The van der Waals surface area contributed by atoms with Gasteiger partial charge in [-0.1, -0.05) is 13.0 Å². The summed E-state index contributed by atoms with van der Waals surface area (Å²) in [5, 5.41) is 0. The van der Waals surface area contributed by atoms with E-state index in [1.807, 2.05) is 13.0 Å². The lowest BCUT2D eigenvalue weighted by molar-refractivity contribution is 0.1000. The molecule has 0 aromatic heterocycles. The number of amides is 1. The lowest BCUT2D eigenvalue weighted by atomic mass is 10.1. The van der Waals surface area contributed by atoms with Gasteiger partial charge in [0, 0.05) is 5.56 Å². The molecule has 0 radical (unpaired) electrons. The Bertz CT molecular complexity index is 321. The van der Waals surface area contributed by atoms with Crippen molar-refractivity contribution in [3.05, 3.63) is 29.3 Å². The third kappa shape index (κ3) is 1.99. The van der Waals surface area contributed by atoms with E-state index in [1.165, 1.54) is 0 Å². The van der Waals surface area contributed by atoms with Crippen LogP contribution in [0.3, 0.4) is 0 Å². The minimum atomic E-state index is -0.430. The van der Waals surface area contributed by atoms with E-state index in [9.17, 15) is 4.79 Å². The van der Waals surface area contributed by atoms with Crippen LogP contribution in [0, 0.1) is 0 Å². The molecule has 13 heavy (non-hydrogen) atoms. The normalized spacial score (nSPS) is 9.69. The zero-order valence-electron chi connectivity index (χ0n) is 7.83. The van der Waals surface area contributed by atoms with E-state index < -0.39 is 5.91 Å². The van der Waals surface area contributed by atoms with Gasteiger partial charge >= 0.3 is 0 Å². The fourth-order valence-corrected chi connectivity index (χ4v) is 1.19. The highest BCUT2D eigenvalue weighted by Crippen LogP contribution is 2.20. The summed E-state index contributed by atoms with van der Waals surface area (Å²) in [7, 11) is 1.58. The fraction of sp³-hybridized carbons (Fsp3) is 0.300. The average molecular weight is 179 g/mol. The standard InChI is InChI=1S/C10H13NO2/c1-3-7-4-5-8(10(11)12)6-9(7)13-2/h4-6H,3H2,1-2H3,(H2,11,12). The Balaban J connectivity index is 3.13. The highest BCUT2D eigenvalue weighted by Gasteiger charge is 2.05. The Morgan fingerprint density at radius 1 is 1.54 bits per heavy atom. The molecule has 0 aliphatic heterocycles. The molecule has 0 fully saturated rings. The predicted molar refractivity (Wildman–Crippen MR) is 50.9 cm³/mol.